The maximum atomic E-state index is 11.5. The highest BCUT2D eigenvalue weighted by Gasteiger charge is 2.41. The Labute approximate surface area is 85.5 Å². The number of ether oxygens (including phenoxy) is 1. The van der Waals surface area contributed by atoms with Crippen LogP contribution in [0, 0.1) is 5.92 Å². The number of aliphatic hydroxyl groups is 1. The average Bonchev–Trinajstić information content (AvgIpc) is 2.19. The summed E-state index contributed by atoms with van der Waals surface area (Å²) in [6.07, 6.45) is 5.33. The molecule has 1 fully saturated rings. The summed E-state index contributed by atoms with van der Waals surface area (Å²) >= 11 is 0. The fourth-order valence-corrected chi connectivity index (χ4v) is 2.42. The van der Waals surface area contributed by atoms with Crippen LogP contribution in [-0.4, -0.2) is 23.8 Å². The van der Waals surface area contributed by atoms with Crippen LogP contribution in [-0.2, 0) is 9.53 Å². The van der Waals surface area contributed by atoms with Crippen molar-refractivity contribution in [1.82, 2.24) is 0 Å². The van der Waals surface area contributed by atoms with Gasteiger partial charge >= 0.3 is 5.97 Å². The molecule has 0 heterocycles. The van der Waals surface area contributed by atoms with E-state index >= 15 is 0 Å². The largest absolute Gasteiger partial charge is 0.469 e. The first-order valence-electron chi connectivity index (χ1n) is 5.44. The molecular formula is C11H20O3. The van der Waals surface area contributed by atoms with Crippen LogP contribution in [0.25, 0.3) is 0 Å². The predicted molar refractivity (Wildman–Crippen MR) is 53.8 cm³/mol. The summed E-state index contributed by atoms with van der Waals surface area (Å²) in [5, 5.41) is 10.3. The molecule has 0 aromatic rings. The number of carbonyl (C=O) groups excluding carboxylic acids is 1. The quantitative estimate of drug-likeness (QED) is 0.707. The lowest BCUT2D eigenvalue weighted by molar-refractivity contribution is -0.158. The Balaban J connectivity index is 2.70. The van der Waals surface area contributed by atoms with Crippen molar-refractivity contribution in [2.24, 2.45) is 5.92 Å². The molecule has 1 atom stereocenters. The maximum absolute atomic E-state index is 11.5. The summed E-state index contributed by atoms with van der Waals surface area (Å²) in [5.74, 6) is -0.607. The van der Waals surface area contributed by atoms with E-state index in [-0.39, 0.29) is 11.9 Å². The van der Waals surface area contributed by atoms with E-state index in [1.165, 1.54) is 13.5 Å². The first-order chi connectivity index (χ1) is 6.64. The van der Waals surface area contributed by atoms with Crippen molar-refractivity contribution in [3.05, 3.63) is 0 Å². The van der Waals surface area contributed by atoms with Crippen LogP contribution >= 0.6 is 0 Å². The Hall–Kier alpha value is -0.570. The molecule has 3 nitrogen and oxygen atoms in total. The second kappa shape index (κ2) is 4.78. The highest BCUT2D eigenvalue weighted by Crippen LogP contribution is 2.36. The molecule has 0 aromatic heterocycles. The van der Waals surface area contributed by atoms with E-state index in [9.17, 15) is 9.90 Å². The third-order valence-electron chi connectivity index (χ3n) is 3.26. The molecule has 0 radical (unpaired) electrons. The minimum atomic E-state index is -0.805. The van der Waals surface area contributed by atoms with Crippen molar-refractivity contribution in [1.29, 1.82) is 0 Å². The molecule has 1 saturated carbocycles. The molecule has 1 rings (SSSR count). The van der Waals surface area contributed by atoms with E-state index in [1.54, 1.807) is 0 Å². The lowest BCUT2D eigenvalue weighted by atomic mass is 9.74. The van der Waals surface area contributed by atoms with Gasteiger partial charge in [0.1, 0.15) is 0 Å². The molecule has 0 aliphatic heterocycles. The highest BCUT2D eigenvalue weighted by molar-refractivity contribution is 5.73. The molecule has 0 aromatic carbocycles. The Morgan fingerprint density at radius 2 is 2.00 bits per heavy atom. The van der Waals surface area contributed by atoms with Gasteiger partial charge in [0.15, 0.2) is 0 Å². The summed E-state index contributed by atoms with van der Waals surface area (Å²) in [5.41, 5.74) is -0.805. The van der Waals surface area contributed by atoms with Gasteiger partial charge in [-0.15, -0.1) is 0 Å². The average molecular weight is 200 g/mol. The molecule has 0 spiro atoms. The molecule has 1 aliphatic carbocycles. The SMILES string of the molecule is CCC(C(=O)OC)C1(O)CCCCC1. The van der Waals surface area contributed by atoms with Gasteiger partial charge in [0.05, 0.1) is 18.6 Å². The predicted octanol–water partition coefficient (Wildman–Crippen LogP) is 1.88. The van der Waals surface area contributed by atoms with Crippen LogP contribution in [0.1, 0.15) is 45.4 Å². The van der Waals surface area contributed by atoms with E-state index in [4.69, 9.17) is 4.74 Å². The minimum absolute atomic E-state index is 0.267. The van der Waals surface area contributed by atoms with E-state index in [1.807, 2.05) is 6.92 Å². The van der Waals surface area contributed by atoms with E-state index < -0.39 is 5.60 Å². The fraction of sp³-hybridized carbons (Fsp3) is 0.909. The molecule has 3 heteroatoms. The van der Waals surface area contributed by atoms with Gasteiger partial charge in [-0.25, -0.2) is 0 Å². The number of hydrogen-bond donors (Lipinski definition) is 1. The Morgan fingerprint density at radius 1 is 1.43 bits per heavy atom. The summed E-state index contributed by atoms with van der Waals surface area (Å²) in [6.45, 7) is 1.92. The zero-order chi connectivity index (χ0) is 10.6. The van der Waals surface area contributed by atoms with E-state index in [0.717, 1.165) is 25.7 Å². The van der Waals surface area contributed by atoms with E-state index in [0.29, 0.717) is 6.42 Å². The van der Waals surface area contributed by atoms with Gasteiger partial charge in [-0.2, -0.15) is 0 Å². The molecule has 0 amide bonds. The van der Waals surface area contributed by atoms with Gasteiger partial charge in [0.2, 0.25) is 0 Å². The van der Waals surface area contributed by atoms with Gasteiger partial charge in [0.25, 0.3) is 0 Å². The van der Waals surface area contributed by atoms with Crippen molar-refractivity contribution in [3.63, 3.8) is 0 Å². The summed E-state index contributed by atoms with van der Waals surface area (Å²) in [6, 6.07) is 0. The summed E-state index contributed by atoms with van der Waals surface area (Å²) < 4.78 is 4.72. The van der Waals surface area contributed by atoms with Crippen molar-refractivity contribution in [2.45, 2.75) is 51.0 Å². The zero-order valence-corrected chi connectivity index (χ0v) is 9.08. The molecule has 14 heavy (non-hydrogen) atoms. The second-order valence-electron chi connectivity index (χ2n) is 4.15. The van der Waals surface area contributed by atoms with Crippen LogP contribution in [0.2, 0.25) is 0 Å². The molecule has 1 N–H and O–H groups in total. The minimum Gasteiger partial charge on any atom is -0.469 e. The molecule has 0 bridgehead atoms. The zero-order valence-electron chi connectivity index (χ0n) is 9.08. The van der Waals surface area contributed by atoms with Crippen molar-refractivity contribution in [3.8, 4) is 0 Å². The smallest absolute Gasteiger partial charge is 0.311 e. The van der Waals surface area contributed by atoms with E-state index in [2.05, 4.69) is 0 Å². The second-order valence-corrected chi connectivity index (χ2v) is 4.15. The fourth-order valence-electron chi connectivity index (χ4n) is 2.42. The first kappa shape index (κ1) is 11.5. The van der Waals surface area contributed by atoms with Gasteiger partial charge in [-0.05, 0) is 19.3 Å². The van der Waals surface area contributed by atoms with Gasteiger partial charge < -0.3 is 9.84 Å². The van der Waals surface area contributed by atoms with Crippen molar-refractivity contribution < 1.29 is 14.6 Å². The van der Waals surface area contributed by atoms with Crippen LogP contribution in [0.15, 0.2) is 0 Å². The molecule has 82 valence electrons. The lowest BCUT2D eigenvalue weighted by Crippen LogP contribution is -2.44. The summed E-state index contributed by atoms with van der Waals surface area (Å²) in [4.78, 5) is 11.5. The molecular weight excluding hydrogens is 180 g/mol. The Morgan fingerprint density at radius 3 is 2.43 bits per heavy atom. The number of rotatable bonds is 3. The third-order valence-corrected chi connectivity index (χ3v) is 3.26. The first-order valence-corrected chi connectivity index (χ1v) is 5.44. The van der Waals surface area contributed by atoms with Crippen molar-refractivity contribution in [2.75, 3.05) is 7.11 Å². The molecule has 0 saturated heterocycles. The topological polar surface area (TPSA) is 46.5 Å². The standard InChI is InChI=1S/C11H20O3/c1-3-9(10(12)14-2)11(13)7-5-4-6-8-11/h9,13H,3-8H2,1-2H3. The van der Waals surface area contributed by atoms with Crippen molar-refractivity contribution >= 4 is 5.97 Å². The summed E-state index contributed by atoms with van der Waals surface area (Å²) in [7, 11) is 1.39. The lowest BCUT2D eigenvalue weighted by Gasteiger charge is -2.37. The Kier molecular flexibility index (Phi) is 3.93. The third kappa shape index (κ3) is 2.27. The number of hydrogen-bond acceptors (Lipinski definition) is 3. The molecule has 1 aliphatic rings. The maximum Gasteiger partial charge on any atom is 0.311 e. The number of esters is 1. The van der Waals surface area contributed by atoms with Crippen LogP contribution in [0.5, 0.6) is 0 Å². The van der Waals surface area contributed by atoms with Crippen LogP contribution in [0.4, 0.5) is 0 Å². The normalized spacial score (nSPS) is 22.8. The van der Waals surface area contributed by atoms with Gasteiger partial charge in [-0.1, -0.05) is 26.2 Å². The van der Waals surface area contributed by atoms with Crippen LogP contribution < -0.4 is 0 Å². The molecule has 1 unspecified atom stereocenters. The highest BCUT2D eigenvalue weighted by atomic mass is 16.5. The van der Waals surface area contributed by atoms with Crippen LogP contribution in [0.3, 0.4) is 0 Å². The van der Waals surface area contributed by atoms with Gasteiger partial charge in [-0.3, -0.25) is 4.79 Å². The Bertz CT molecular complexity index is 195. The van der Waals surface area contributed by atoms with Gasteiger partial charge in [0, 0.05) is 0 Å². The number of methoxy groups -OCH3 is 1. The monoisotopic (exact) mass is 200 g/mol. The number of carbonyl (C=O) groups is 1.